The number of nitrogens with one attached hydrogen (secondary N) is 2. The van der Waals surface area contributed by atoms with E-state index in [4.69, 9.17) is 0 Å². The summed E-state index contributed by atoms with van der Waals surface area (Å²) in [5.41, 5.74) is 1.32. The summed E-state index contributed by atoms with van der Waals surface area (Å²) in [6.07, 6.45) is 4.70. The zero-order valence-electron chi connectivity index (χ0n) is 14.2. The lowest BCUT2D eigenvalue weighted by Crippen LogP contribution is -2.44. The zero-order valence-corrected chi connectivity index (χ0v) is 14.2. The molecule has 5 heteroatoms. The van der Waals surface area contributed by atoms with Crippen LogP contribution in [0.25, 0.3) is 0 Å². The Morgan fingerprint density at radius 2 is 2.13 bits per heavy atom. The number of nitrogens with zero attached hydrogens (tertiary/aromatic N) is 2. The molecule has 1 heterocycles. The molecular weight excluding hydrogens is 288 g/mol. The fourth-order valence-corrected chi connectivity index (χ4v) is 2.79. The second kappa shape index (κ2) is 9.20. The molecule has 1 aromatic rings. The predicted octanol–water partition coefficient (Wildman–Crippen LogP) is 2.55. The van der Waals surface area contributed by atoms with Gasteiger partial charge in [-0.2, -0.15) is 0 Å². The molecule has 2 amide bonds. The van der Waals surface area contributed by atoms with Gasteiger partial charge in [-0.05, 0) is 25.5 Å². The Morgan fingerprint density at radius 3 is 2.78 bits per heavy atom. The van der Waals surface area contributed by atoms with Gasteiger partial charge >= 0.3 is 6.03 Å². The van der Waals surface area contributed by atoms with Crippen molar-refractivity contribution < 1.29 is 4.79 Å². The van der Waals surface area contributed by atoms with Crippen molar-refractivity contribution in [3.05, 3.63) is 48.3 Å². The summed E-state index contributed by atoms with van der Waals surface area (Å²) in [6.45, 7) is 8.47. The van der Waals surface area contributed by atoms with Gasteiger partial charge in [0.2, 0.25) is 0 Å². The van der Waals surface area contributed by atoms with Gasteiger partial charge in [-0.1, -0.05) is 37.3 Å². The van der Waals surface area contributed by atoms with Crippen LogP contribution >= 0.6 is 0 Å². The van der Waals surface area contributed by atoms with Crippen LogP contribution in [0.3, 0.4) is 0 Å². The van der Waals surface area contributed by atoms with E-state index in [2.05, 4.69) is 53.6 Å². The number of carbonyl (C=O) groups is 1. The molecular formula is C18H28N4O. The van der Waals surface area contributed by atoms with Crippen LogP contribution in [-0.4, -0.2) is 48.6 Å². The second-order valence-corrected chi connectivity index (χ2v) is 5.82. The molecule has 0 fully saturated rings. The van der Waals surface area contributed by atoms with E-state index in [1.54, 1.807) is 11.1 Å². The molecule has 0 aliphatic carbocycles. The van der Waals surface area contributed by atoms with Crippen LogP contribution in [0.4, 0.5) is 4.79 Å². The molecule has 0 saturated carbocycles. The lowest BCUT2D eigenvalue weighted by molar-refractivity contribution is 0.197. The highest BCUT2D eigenvalue weighted by molar-refractivity contribution is 5.75. The van der Waals surface area contributed by atoms with Crippen molar-refractivity contribution in [2.45, 2.75) is 26.3 Å². The summed E-state index contributed by atoms with van der Waals surface area (Å²) in [6, 6.07) is 10.9. The molecule has 0 aromatic heterocycles. The summed E-state index contributed by atoms with van der Waals surface area (Å²) in [5.74, 6) is 0. The van der Waals surface area contributed by atoms with Gasteiger partial charge in [0.15, 0.2) is 0 Å². The van der Waals surface area contributed by atoms with Gasteiger partial charge in [-0.15, -0.1) is 0 Å². The van der Waals surface area contributed by atoms with Gasteiger partial charge in [0.1, 0.15) is 0 Å². The monoisotopic (exact) mass is 316 g/mol. The van der Waals surface area contributed by atoms with E-state index in [0.29, 0.717) is 19.1 Å². The van der Waals surface area contributed by atoms with E-state index in [9.17, 15) is 4.79 Å². The van der Waals surface area contributed by atoms with Gasteiger partial charge < -0.3 is 10.6 Å². The highest BCUT2D eigenvalue weighted by atomic mass is 16.2. The maximum Gasteiger partial charge on any atom is 0.321 e. The lowest BCUT2D eigenvalue weighted by Gasteiger charge is -2.30. The van der Waals surface area contributed by atoms with Gasteiger partial charge in [0, 0.05) is 44.6 Å². The van der Waals surface area contributed by atoms with Crippen molar-refractivity contribution in [2.24, 2.45) is 0 Å². The molecule has 2 rings (SSSR count). The first-order chi connectivity index (χ1) is 11.2. The van der Waals surface area contributed by atoms with Crippen LogP contribution in [-0.2, 0) is 0 Å². The maximum atomic E-state index is 12.1. The fourth-order valence-electron chi connectivity index (χ4n) is 2.79. The quantitative estimate of drug-likeness (QED) is 0.813. The van der Waals surface area contributed by atoms with Crippen LogP contribution in [0.2, 0.25) is 0 Å². The molecule has 1 aliphatic heterocycles. The molecule has 1 unspecified atom stereocenters. The third-order valence-corrected chi connectivity index (χ3v) is 4.15. The predicted molar refractivity (Wildman–Crippen MR) is 94.0 cm³/mol. The molecule has 5 nitrogen and oxygen atoms in total. The minimum atomic E-state index is -0.0217. The number of rotatable bonds is 7. The van der Waals surface area contributed by atoms with E-state index in [1.807, 2.05) is 12.3 Å². The van der Waals surface area contributed by atoms with Crippen molar-refractivity contribution >= 4 is 6.03 Å². The Kier molecular flexibility index (Phi) is 6.94. The molecule has 126 valence electrons. The number of benzene rings is 1. The average molecular weight is 316 g/mol. The first-order valence-corrected chi connectivity index (χ1v) is 8.46. The Bertz CT molecular complexity index is 503. The van der Waals surface area contributed by atoms with Gasteiger partial charge in [-0.3, -0.25) is 9.80 Å². The van der Waals surface area contributed by atoms with Gasteiger partial charge in [0.25, 0.3) is 0 Å². The highest BCUT2D eigenvalue weighted by Gasteiger charge is 2.16. The summed E-state index contributed by atoms with van der Waals surface area (Å²) in [5, 5.41) is 6.10. The van der Waals surface area contributed by atoms with Crippen LogP contribution in [0, 0.1) is 0 Å². The normalized spacial score (nSPS) is 15.3. The van der Waals surface area contributed by atoms with Crippen molar-refractivity contribution in [1.82, 2.24) is 20.4 Å². The van der Waals surface area contributed by atoms with Gasteiger partial charge in [0.05, 0.1) is 0 Å². The van der Waals surface area contributed by atoms with Gasteiger partial charge in [-0.25, -0.2) is 4.79 Å². The first kappa shape index (κ1) is 17.3. The van der Waals surface area contributed by atoms with E-state index in [-0.39, 0.29) is 6.03 Å². The SMILES string of the molecule is CCCN(CCNC(=O)N1C=CNCC1)C(C)c1ccccc1. The molecule has 23 heavy (non-hydrogen) atoms. The molecule has 0 saturated heterocycles. The number of amides is 2. The molecule has 0 bridgehead atoms. The minimum Gasteiger partial charge on any atom is -0.388 e. The molecule has 1 atom stereocenters. The Morgan fingerprint density at radius 1 is 1.35 bits per heavy atom. The third-order valence-electron chi connectivity index (χ3n) is 4.15. The number of hydrogen-bond donors (Lipinski definition) is 2. The minimum absolute atomic E-state index is 0.0217. The Labute approximate surface area is 139 Å². The number of carbonyl (C=O) groups excluding carboxylic acids is 1. The average Bonchev–Trinajstić information content (AvgIpc) is 2.61. The molecule has 1 aliphatic rings. The molecule has 2 N–H and O–H groups in total. The van der Waals surface area contributed by atoms with E-state index >= 15 is 0 Å². The number of hydrogen-bond acceptors (Lipinski definition) is 3. The Balaban J connectivity index is 1.83. The fraction of sp³-hybridized carbons (Fsp3) is 0.500. The van der Waals surface area contributed by atoms with Crippen LogP contribution in [0.15, 0.2) is 42.7 Å². The van der Waals surface area contributed by atoms with Crippen LogP contribution in [0.5, 0.6) is 0 Å². The maximum absolute atomic E-state index is 12.1. The summed E-state index contributed by atoms with van der Waals surface area (Å²) < 4.78 is 0. The third kappa shape index (κ3) is 5.28. The molecule has 1 aromatic carbocycles. The van der Waals surface area contributed by atoms with Crippen molar-refractivity contribution in [3.8, 4) is 0 Å². The largest absolute Gasteiger partial charge is 0.388 e. The van der Waals surface area contributed by atoms with Crippen LogP contribution in [0.1, 0.15) is 31.9 Å². The second-order valence-electron chi connectivity index (χ2n) is 5.82. The number of urea groups is 1. The molecule has 0 radical (unpaired) electrons. The van der Waals surface area contributed by atoms with E-state index in [1.165, 1.54) is 5.56 Å². The summed E-state index contributed by atoms with van der Waals surface area (Å²) in [7, 11) is 0. The first-order valence-electron chi connectivity index (χ1n) is 8.46. The summed E-state index contributed by atoms with van der Waals surface area (Å²) in [4.78, 5) is 16.2. The van der Waals surface area contributed by atoms with Crippen molar-refractivity contribution in [1.29, 1.82) is 0 Å². The molecule has 0 spiro atoms. The van der Waals surface area contributed by atoms with E-state index in [0.717, 1.165) is 26.1 Å². The van der Waals surface area contributed by atoms with Crippen molar-refractivity contribution in [2.75, 3.05) is 32.7 Å². The summed E-state index contributed by atoms with van der Waals surface area (Å²) >= 11 is 0. The standard InChI is InChI=1S/C18H28N4O/c1-3-12-21(16(2)17-7-5-4-6-8-17)15-11-20-18(23)22-13-9-19-10-14-22/h4-9,13,16,19H,3,10-12,14-15H2,1-2H3,(H,20,23). The lowest BCUT2D eigenvalue weighted by atomic mass is 10.1. The van der Waals surface area contributed by atoms with E-state index < -0.39 is 0 Å². The van der Waals surface area contributed by atoms with Crippen molar-refractivity contribution in [3.63, 3.8) is 0 Å². The topological polar surface area (TPSA) is 47.6 Å². The zero-order chi connectivity index (χ0) is 16.5. The van der Waals surface area contributed by atoms with Crippen LogP contribution < -0.4 is 10.6 Å². The highest BCUT2D eigenvalue weighted by Crippen LogP contribution is 2.19. The smallest absolute Gasteiger partial charge is 0.321 e. The Hall–Kier alpha value is -2.01.